The second kappa shape index (κ2) is 12.6. The topological polar surface area (TPSA) is 67.8 Å². The molecule has 2 aromatic rings. The van der Waals surface area contributed by atoms with Crippen molar-refractivity contribution in [2.24, 2.45) is 4.99 Å². The van der Waals surface area contributed by atoms with Gasteiger partial charge in [-0.1, -0.05) is 18.2 Å². The number of aliphatic imine (C=N–C) groups is 1. The van der Waals surface area contributed by atoms with Crippen LogP contribution in [0, 0.1) is 6.92 Å². The first-order chi connectivity index (χ1) is 13.7. The lowest BCUT2D eigenvalue weighted by Gasteiger charge is -2.15. The summed E-state index contributed by atoms with van der Waals surface area (Å²) in [5.41, 5.74) is 3.22. The Morgan fingerprint density at radius 1 is 1.28 bits per heavy atom. The first-order valence-electron chi connectivity index (χ1n) is 10.0. The minimum atomic E-state index is 0. The number of nitrogens with zero attached hydrogens (tertiary/aromatic N) is 2. The van der Waals surface area contributed by atoms with Gasteiger partial charge < -0.3 is 20.1 Å². The van der Waals surface area contributed by atoms with E-state index in [-0.39, 0.29) is 30.1 Å². The summed E-state index contributed by atoms with van der Waals surface area (Å²) < 4.78 is 11.7. The molecule has 0 radical (unpaired) electrons. The lowest BCUT2D eigenvalue weighted by Crippen LogP contribution is -2.37. The zero-order valence-electron chi connectivity index (χ0n) is 17.2. The molecule has 1 unspecified atom stereocenters. The molecule has 2 N–H and O–H groups in total. The Morgan fingerprint density at radius 2 is 2.17 bits per heavy atom. The Morgan fingerprint density at radius 3 is 2.90 bits per heavy atom. The van der Waals surface area contributed by atoms with Crippen molar-refractivity contribution in [2.75, 3.05) is 19.8 Å². The predicted molar refractivity (Wildman–Crippen MR) is 127 cm³/mol. The molecule has 1 fully saturated rings. The van der Waals surface area contributed by atoms with Gasteiger partial charge in [0, 0.05) is 24.9 Å². The van der Waals surface area contributed by atoms with E-state index < -0.39 is 0 Å². The van der Waals surface area contributed by atoms with Crippen LogP contribution >= 0.6 is 24.0 Å². The van der Waals surface area contributed by atoms with Crippen molar-refractivity contribution in [2.45, 2.75) is 45.9 Å². The second-order valence-electron chi connectivity index (χ2n) is 6.93. The van der Waals surface area contributed by atoms with Crippen LogP contribution < -0.4 is 15.4 Å². The summed E-state index contributed by atoms with van der Waals surface area (Å²) in [4.78, 5) is 9.06. The highest BCUT2D eigenvalue weighted by molar-refractivity contribution is 14.0. The summed E-state index contributed by atoms with van der Waals surface area (Å²) in [5, 5.41) is 6.61. The van der Waals surface area contributed by atoms with Crippen LogP contribution in [0.1, 0.15) is 36.6 Å². The van der Waals surface area contributed by atoms with Crippen molar-refractivity contribution in [3.8, 4) is 5.75 Å². The number of guanidine groups is 1. The summed E-state index contributed by atoms with van der Waals surface area (Å²) in [7, 11) is 0. The minimum absolute atomic E-state index is 0. The van der Waals surface area contributed by atoms with E-state index >= 15 is 0 Å². The number of rotatable bonds is 8. The molecule has 0 amide bonds. The fraction of sp³-hybridized carbons (Fsp3) is 0.455. The molecule has 1 saturated heterocycles. The van der Waals surface area contributed by atoms with Gasteiger partial charge in [0.25, 0.3) is 0 Å². The van der Waals surface area contributed by atoms with Gasteiger partial charge in [-0.25, -0.2) is 4.99 Å². The van der Waals surface area contributed by atoms with E-state index in [0.29, 0.717) is 19.7 Å². The van der Waals surface area contributed by atoms with Gasteiger partial charge in [0.1, 0.15) is 12.4 Å². The van der Waals surface area contributed by atoms with Crippen LogP contribution in [0.3, 0.4) is 0 Å². The molecule has 29 heavy (non-hydrogen) atoms. The number of hydrogen-bond acceptors (Lipinski definition) is 4. The van der Waals surface area contributed by atoms with Gasteiger partial charge in [0.2, 0.25) is 0 Å². The van der Waals surface area contributed by atoms with E-state index in [4.69, 9.17) is 14.5 Å². The van der Waals surface area contributed by atoms with Gasteiger partial charge in [0.05, 0.1) is 24.9 Å². The summed E-state index contributed by atoms with van der Waals surface area (Å²) in [6.45, 7) is 7.53. The fourth-order valence-electron chi connectivity index (χ4n) is 3.07. The van der Waals surface area contributed by atoms with Crippen molar-refractivity contribution in [3.63, 3.8) is 0 Å². The average Bonchev–Trinajstić information content (AvgIpc) is 3.24. The van der Waals surface area contributed by atoms with E-state index in [0.717, 1.165) is 49.0 Å². The van der Waals surface area contributed by atoms with Gasteiger partial charge in [-0.05, 0) is 50.5 Å². The van der Waals surface area contributed by atoms with Gasteiger partial charge in [-0.15, -0.1) is 24.0 Å². The summed E-state index contributed by atoms with van der Waals surface area (Å²) in [5.74, 6) is 1.65. The summed E-state index contributed by atoms with van der Waals surface area (Å²) in [6, 6.07) is 12.2. The van der Waals surface area contributed by atoms with E-state index in [1.807, 2.05) is 18.2 Å². The number of aryl methyl sites for hydroxylation is 1. The molecule has 6 nitrogen and oxygen atoms in total. The molecule has 0 aliphatic carbocycles. The first kappa shape index (κ1) is 23.4. The smallest absolute Gasteiger partial charge is 0.191 e. The molecule has 2 heterocycles. The molecule has 3 rings (SSSR count). The Labute approximate surface area is 190 Å². The number of nitrogens with one attached hydrogen (secondary N) is 2. The van der Waals surface area contributed by atoms with E-state index in [1.165, 1.54) is 5.56 Å². The Balaban J connectivity index is 0.00000300. The van der Waals surface area contributed by atoms with Crippen molar-refractivity contribution in [1.82, 2.24) is 15.6 Å². The third-order valence-corrected chi connectivity index (χ3v) is 4.59. The Kier molecular flexibility index (Phi) is 10.2. The number of halogens is 1. The van der Waals surface area contributed by atoms with Crippen molar-refractivity contribution < 1.29 is 9.47 Å². The zero-order chi connectivity index (χ0) is 19.6. The highest BCUT2D eigenvalue weighted by Crippen LogP contribution is 2.23. The number of pyridine rings is 1. The Bertz CT molecular complexity index is 765. The quantitative estimate of drug-likeness (QED) is 0.321. The van der Waals surface area contributed by atoms with Gasteiger partial charge >= 0.3 is 0 Å². The average molecular weight is 510 g/mol. The summed E-state index contributed by atoms with van der Waals surface area (Å²) in [6.07, 6.45) is 4.19. The van der Waals surface area contributed by atoms with Gasteiger partial charge in [-0.3, -0.25) is 4.98 Å². The highest BCUT2D eigenvalue weighted by Gasteiger charge is 2.17. The molecular weight excluding hydrogens is 479 g/mol. The molecule has 1 atom stereocenters. The van der Waals surface area contributed by atoms with Crippen LogP contribution in [-0.4, -0.2) is 36.8 Å². The van der Waals surface area contributed by atoms with Crippen molar-refractivity contribution in [1.29, 1.82) is 0 Å². The van der Waals surface area contributed by atoms with Crippen LogP contribution in [0.4, 0.5) is 0 Å². The molecule has 0 saturated carbocycles. The third kappa shape index (κ3) is 7.81. The fourth-order valence-corrected chi connectivity index (χ4v) is 3.07. The van der Waals surface area contributed by atoms with Crippen molar-refractivity contribution in [3.05, 3.63) is 59.4 Å². The molecular formula is C22H31IN4O2. The first-order valence-corrected chi connectivity index (χ1v) is 10.0. The standard InChI is InChI=1S/C22H30N4O2.HI/c1-3-23-22(26-15-19-7-4-5-11-24-19)25-14-18-10-9-17(2)13-21(18)28-16-20-8-6-12-27-20;/h4-5,7,9-11,13,20H,3,6,8,12,14-16H2,1-2H3,(H2,23,25,26);1H. The summed E-state index contributed by atoms with van der Waals surface area (Å²) >= 11 is 0. The number of ether oxygens (including phenoxy) is 2. The predicted octanol–water partition coefficient (Wildman–Crippen LogP) is 3.82. The third-order valence-electron chi connectivity index (χ3n) is 4.59. The van der Waals surface area contributed by atoms with Crippen LogP contribution in [0.25, 0.3) is 0 Å². The molecule has 1 aliphatic heterocycles. The van der Waals surface area contributed by atoms with Crippen LogP contribution in [0.15, 0.2) is 47.6 Å². The second-order valence-corrected chi connectivity index (χ2v) is 6.93. The molecule has 158 valence electrons. The lowest BCUT2D eigenvalue weighted by molar-refractivity contribution is 0.0676. The molecule has 1 aromatic carbocycles. The zero-order valence-corrected chi connectivity index (χ0v) is 19.5. The van der Waals surface area contributed by atoms with Gasteiger partial charge in [-0.2, -0.15) is 0 Å². The van der Waals surface area contributed by atoms with E-state index in [2.05, 4.69) is 47.7 Å². The maximum atomic E-state index is 6.08. The maximum absolute atomic E-state index is 6.08. The molecule has 1 aliphatic rings. The van der Waals surface area contributed by atoms with Crippen LogP contribution in [0.5, 0.6) is 5.75 Å². The minimum Gasteiger partial charge on any atom is -0.491 e. The van der Waals surface area contributed by atoms with Gasteiger partial charge in [0.15, 0.2) is 5.96 Å². The number of aromatic nitrogens is 1. The monoisotopic (exact) mass is 510 g/mol. The van der Waals surface area contributed by atoms with Crippen molar-refractivity contribution >= 4 is 29.9 Å². The van der Waals surface area contributed by atoms with Crippen LogP contribution in [-0.2, 0) is 17.8 Å². The largest absolute Gasteiger partial charge is 0.491 e. The molecule has 0 bridgehead atoms. The SMILES string of the molecule is CCNC(=NCc1ccc(C)cc1OCC1CCCO1)NCc1ccccn1.I. The van der Waals surface area contributed by atoms with Crippen LogP contribution in [0.2, 0.25) is 0 Å². The lowest BCUT2D eigenvalue weighted by atomic mass is 10.1. The molecule has 1 aromatic heterocycles. The number of benzene rings is 1. The normalized spacial score (nSPS) is 16.2. The molecule has 0 spiro atoms. The highest BCUT2D eigenvalue weighted by atomic mass is 127. The Hall–Kier alpha value is -1.87. The molecule has 7 heteroatoms. The van der Waals surface area contributed by atoms with E-state index in [9.17, 15) is 0 Å². The maximum Gasteiger partial charge on any atom is 0.191 e. The number of hydrogen-bond donors (Lipinski definition) is 2. The van der Waals surface area contributed by atoms with E-state index in [1.54, 1.807) is 6.20 Å².